The summed E-state index contributed by atoms with van der Waals surface area (Å²) in [4.78, 5) is 15.0. The van der Waals surface area contributed by atoms with Gasteiger partial charge in [-0.1, -0.05) is 6.92 Å². The molecule has 0 aliphatic carbocycles. The maximum atomic E-state index is 13.0. The Bertz CT molecular complexity index is 576. The molecule has 0 unspecified atom stereocenters. The number of hydrogen-bond donors (Lipinski definition) is 1. The molecule has 2 aliphatic heterocycles. The molecule has 2 saturated heterocycles. The molecule has 2 aliphatic rings. The van der Waals surface area contributed by atoms with Crippen LogP contribution in [0.15, 0.2) is 18.2 Å². The van der Waals surface area contributed by atoms with Gasteiger partial charge in [0.25, 0.3) is 5.91 Å². The number of hydrogen-bond acceptors (Lipinski definition) is 4. The molecule has 3 rings (SSSR count). The lowest BCUT2D eigenvalue weighted by atomic mass is 9.92. The van der Waals surface area contributed by atoms with E-state index in [2.05, 4.69) is 12.2 Å². The van der Waals surface area contributed by atoms with Gasteiger partial charge in [-0.25, -0.2) is 0 Å². The summed E-state index contributed by atoms with van der Waals surface area (Å²) < 4.78 is 11.4. The number of carbonyl (C=O) groups is 1. The van der Waals surface area contributed by atoms with Crippen molar-refractivity contribution in [3.8, 4) is 11.5 Å². The second kappa shape index (κ2) is 8.56. The zero-order valence-corrected chi connectivity index (χ0v) is 15.4. The van der Waals surface area contributed by atoms with Gasteiger partial charge in [-0.15, -0.1) is 0 Å². The average Bonchev–Trinajstić information content (AvgIpc) is 2.99. The Morgan fingerprint density at radius 2 is 1.84 bits per heavy atom. The van der Waals surface area contributed by atoms with Crippen molar-refractivity contribution in [1.29, 1.82) is 0 Å². The Balaban J connectivity index is 1.71. The van der Waals surface area contributed by atoms with Crippen LogP contribution in [-0.2, 0) is 0 Å². The molecule has 1 aromatic carbocycles. The topological polar surface area (TPSA) is 50.8 Å². The monoisotopic (exact) mass is 346 g/mol. The standard InChI is InChI=1S/C20H30N2O3/c1-3-11-25-18-6-5-15(12-19(18)24-4-2)20(23)22-9-7-16-13-21-14-17(16)8-10-22/h5-6,12,16-17,21H,3-4,7-11,13-14H2,1-2H3/t16-,17+. The van der Waals surface area contributed by atoms with Gasteiger partial charge in [0.2, 0.25) is 0 Å². The van der Waals surface area contributed by atoms with Gasteiger partial charge in [0, 0.05) is 18.7 Å². The van der Waals surface area contributed by atoms with E-state index < -0.39 is 0 Å². The number of likely N-dealkylation sites (tertiary alicyclic amines) is 1. The lowest BCUT2D eigenvalue weighted by molar-refractivity contribution is 0.0758. The van der Waals surface area contributed by atoms with Gasteiger partial charge in [0.1, 0.15) is 0 Å². The van der Waals surface area contributed by atoms with Gasteiger partial charge in [0.05, 0.1) is 13.2 Å². The first-order valence-electron chi connectivity index (χ1n) is 9.62. The lowest BCUT2D eigenvalue weighted by Crippen LogP contribution is -2.32. The molecule has 0 bridgehead atoms. The third-order valence-corrected chi connectivity index (χ3v) is 5.26. The summed E-state index contributed by atoms with van der Waals surface area (Å²) in [6.07, 6.45) is 3.13. The molecule has 1 aromatic rings. The van der Waals surface area contributed by atoms with E-state index in [0.29, 0.717) is 24.5 Å². The molecule has 2 atom stereocenters. The van der Waals surface area contributed by atoms with Crippen molar-refractivity contribution in [1.82, 2.24) is 10.2 Å². The minimum Gasteiger partial charge on any atom is -0.490 e. The number of benzene rings is 1. The van der Waals surface area contributed by atoms with Crippen LogP contribution in [0.1, 0.15) is 43.5 Å². The predicted octanol–water partition coefficient (Wildman–Crippen LogP) is 2.95. The largest absolute Gasteiger partial charge is 0.490 e. The Kier molecular flexibility index (Phi) is 6.19. The molecule has 138 valence electrons. The normalized spacial score (nSPS) is 23.0. The first kappa shape index (κ1) is 18.1. The quantitative estimate of drug-likeness (QED) is 0.860. The summed E-state index contributed by atoms with van der Waals surface area (Å²) >= 11 is 0. The molecule has 5 nitrogen and oxygen atoms in total. The summed E-state index contributed by atoms with van der Waals surface area (Å²) in [7, 11) is 0. The third-order valence-electron chi connectivity index (χ3n) is 5.26. The Morgan fingerprint density at radius 1 is 1.12 bits per heavy atom. The number of nitrogens with one attached hydrogen (secondary N) is 1. The molecule has 2 heterocycles. The van der Waals surface area contributed by atoms with Gasteiger partial charge in [-0.05, 0) is 69.3 Å². The molecule has 0 radical (unpaired) electrons. The molecule has 0 aromatic heterocycles. The second-order valence-corrected chi connectivity index (χ2v) is 6.99. The first-order chi connectivity index (χ1) is 12.2. The number of nitrogens with zero attached hydrogens (tertiary/aromatic N) is 1. The molecule has 2 fully saturated rings. The van der Waals surface area contributed by atoms with Crippen molar-refractivity contribution >= 4 is 5.91 Å². The summed E-state index contributed by atoms with van der Waals surface area (Å²) in [5.74, 6) is 2.94. The fraction of sp³-hybridized carbons (Fsp3) is 0.650. The average molecular weight is 346 g/mol. The van der Waals surface area contributed by atoms with Crippen molar-refractivity contribution in [2.75, 3.05) is 39.4 Å². The third kappa shape index (κ3) is 4.27. The summed E-state index contributed by atoms with van der Waals surface area (Å²) in [5.41, 5.74) is 0.692. The fourth-order valence-electron chi connectivity index (χ4n) is 3.84. The number of carbonyl (C=O) groups excluding carboxylic acids is 1. The van der Waals surface area contributed by atoms with Crippen LogP contribution >= 0.6 is 0 Å². The number of ether oxygens (including phenoxy) is 2. The Hall–Kier alpha value is -1.75. The van der Waals surface area contributed by atoms with Crippen LogP contribution in [0.25, 0.3) is 0 Å². The van der Waals surface area contributed by atoms with E-state index in [1.54, 1.807) is 0 Å². The molecule has 5 heteroatoms. The van der Waals surface area contributed by atoms with Gasteiger partial charge in [0.15, 0.2) is 11.5 Å². The van der Waals surface area contributed by atoms with Gasteiger partial charge < -0.3 is 19.7 Å². The highest BCUT2D eigenvalue weighted by molar-refractivity contribution is 5.95. The van der Waals surface area contributed by atoms with E-state index in [0.717, 1.165) is 63.0 Å². The first-order valence-corrected chi connectivity index (χ1v) is 9.62. The van der Waals surface area contributed by atoms with E-state index in [1.165, 1.54) is 0 Å². The number of fused-ring (bicyclic) bond motifs is 1. The van der Waals surface area contributed by atoms with Crippen molar-refractivity contribution in [2.24, 2.45) is 11.8 Å². The van der Waals surface area contributed by atoms with Crippen molar-refractivity contribution < 1.29 is 14.3 Å². The molecular weight excluding hydrogens is 316 g/mol. The van der Waals surface area contributed by atoms with Gasteiger partial charge in [-0.2, -0.15) is 0 Å². The van der Waals surface area contributed by atoms with Crippen molar-refractivity contribution in [3.05, 3.63) is 23.8 Å². The van der Waals surface area contributed by atoms with Gasteiger partial charge >= 0.3 is 0 Å². The SMILES string of the molecule is CCCOc1ccc(C(=O)N2CC[C@@H]3CNC[C@@H]3CC2)cc1OCC. The van der Waals surface area contributed by atoms with Crippen LogP contribution in [0, 0.1) is 11.8 Å². The van der Waals surface area contributed by atoms with Crippen LogP contribution in [0.4, 0.5) is 0 Å². The Morgan fingerprint density at radius 3 is 2.48 bits per heavy atom. The van der Waals surface area contributed by atoms with E-state index in [4.69, 9.17) is 9.47 Å². The number of amides is 1. The fourth-order valence-corrected chi connectivity index (χ4v) is 3.84. The van der Waals surface area contributed by atoms with E-state index in [9.17, 15) is 4.79 Å². The lowest BCUT2D eigenvalue weighted by Gasteiger charge is -2.22. The highest BCUT2D eigenvalue weighted by Gasteiger charge is 2.31. The van der Waals surface area contributed by atoms with E-state index in [-0.39, 0.29) is 5.91 Å². The van der Waals surface area contributed by atoms with Crippen LogP contribution < -0.4 is 14.8 Å². The van der Waals surface area contributed by atoms with Crippen molar-refractivity contribution in [2.45, 2.75) is 33.1 Å². The van der Waals surface area contributed by atoms with Gasteiger partial charge in [-0.3, -0.25) is 4.79 Å². The van der Waals surface area contributed by atoms with Crippen LogP contribution in [0.2, 0.25) is 0 Å². The maximum absolute atomic E-state index is 13.0. The smallest absolute Gasteiger partial charge is 0.253 e. The molecular formula is C20H30N2O3. The van der Waals surface area contributed by atoms with Crippen molar-refractivity contribution in [3.63, 3.8) is 0 Å². The van der Waals surface area contributed by atoms with Crippen LogP contribution in [-0.4, -0.2) is 50.2 Å². The summed E-state index contributed by atoms with van der Waals surface area (Å²) in [6.45, 7) is 9.12. The molecule has 0 spiro atoms. The molecule has 25 heavy (non-hydrogen) atoms. The van der Waals surface area contributed by atoms with Crippen LogP contribution in [0.5, 0.6) is 11.5 Å². The summed E-state index contributed by atoms with van der Waals surface area (Å²) in [5, 5.41) is 3.48. The molecule has 1 N–H and O–H groups in total. The highest BCUT2D eigenvalue weighted by atomic mass is 16.5. The number of rotatable bonds is 6. The van der Waals surface area contributed by atoms with Crippen LogP contribution in [0.3, 0.4) is 0 Å². The minimum atomic E-state index is 0.107. The second-order valence-electron chi connectivity index (χ2n) is 6.99. The van der Waals surface area contributed by atoms with E-state index in [1.807, 2.05) is 30.0 Å². The summed E-state index contributed by atoms with van der Waals surface area (Å²) in [6, 6.07) is 5.57. The highest BCUT2D eigenvalue weighted by Crippen LogP contribution is 2.31. The minimum absolute atomic E-state index is 0.107. The Labute approximate surface area is 150 Å². The zero-order chi connectivity index (χ0) is 17.6. The predicted molar refractivity (Wildman–Crippen MR) is 98.4 cm³/mol. The molecule has 1 amide bonds. The maximum Gasteiger partial charge on any atom is 0.253 e. The van der Waals surface area contributed by atoms with E-state index >= 15 is 0 Å². The molecule has 0 saturated carbocycles. The zero-order valence-electron chi connectivity index (χ0n) is 15.4.